The minimum absolute atomic E-state index is 0.0924. The number of benzene rings is 1. The maximum absolute atomic E-state index is 12.3. The van der Waals surface area contributed by atoms with Crippen LogP contribution in [0.4, 0.5) is 0 Å². The fraction of sp³-hybridized carbons (Fsp3) is 0.588. The van der Waals surface area contributed by atoms with Crippen molar-refractivity contribution in [2.75, 3.05) is 26.2 Å². The fourth-order valence-corrected chi connectivity index (χ4v) is 2.31. The Morgan fingerprint density at radius 1 is 1.15 bits per heavy atom. The third kappa shape index (κ3) is 5.33. The van der Waals surface area contributed by atoms with E-state index in [2.05, 4.69) is 25.7 Å². The molecule has 20 heavy (non-hydrogen) atoms. The molecule has 0 N–H and O–H groups in total. The van der Waals surface area contributed by atoms with E-state index in [1.807, 2.05) is 30.3 Å². The summed E-state index contributed by atoms with van der Waals surface area (Å²) in [7, 11) is 0. The number of rotatable bonds is 9. The van der Waals surface area contributed by atoms with Crippen molar-refractivity contribution in [2.24, 2.45) is 0 Å². The second-order valence-corrected chi connectivity index (χ2v) is 4.95. The highest BCUT2D eigenvalue weighted by atomic mass is 16.5. The molecule has 3 heteroatoms. The average Bonchev–Trinajstić information content (AvgIpc) is 2.50. The standard InChI is InChI=1S/C17H27NO2/c1-4-10-16(15-11-8-7-9-12-15)17(19)20-14-13-18(5-2)6-3/h7-9,11-12,16H,4-6,10,13-14H2,1-3H3/t16-/m1/s1. The molecule has 1 aromatic rings. The lowest BCUT2D eigenvalue weighted by Gasteiger charge is -2.20. The largest absolute Gasteiger partial charge is 0.464 e. The molecular formula is C17H27NO2. The molecule has 0 bridgehead atoms. The smallest absolute Gasteiger partial charge is 0.313 e. The molecule has 0 aliphatic carbocycles. The van der Waals surface area contributed by atoms with Gasteiger partial charge in [0.1, 0.15) is 6.61 Å². The van der Waals surface area contributed by atoms with Crippen LogP contribution in [-0.4, -0.2) is 37.1 Å². The molecule has 0 radical (unpaired) electrons. The van der Waals surface area contributed by atoms with Crippen molar-refractivity contribution in [3.05, 3.63) is 35.9 Å². The molecular weight excluding hydrogens is 250 g/mol. The van der Waals surface area contributed by atoms with E-state index < -0.39 is 0 Å². The molecule has 0 heterocycles. The summed E-state index contributed by atoms with van der Waals surface area (Å²) in [5, 5.41) is 0. The van der Waals surface area contributed by atoms with Gasteiger partial charge in [-0.2, -0.15) is 0 Å². The number of hydrogen-bond donors (Lipinski definition) is 0. The summed E-state index contributed by atoms with van der Waals surface area (Å²) in [6.07, 6.45) is 1.82. The highest BCUT2D eigenvalue weighted by molar-refractivity contribution is 5.78. The minimum atomic E-state index is -0.127. The third-order valence-corrected chi connectivity index (χ3v) is 3.61. The van der Waals surface area contributed by atoms with Crippen LogP contribution in [-0.2, 0) is 9.53 Å². The van der Waals surface area contributed by atoms with Gasteiger partial charge in [-0.25, -0.2) is 0 Å². The van der Waals surface area contributed by atoms with E-state index in [-0.39, 0.29) is 11.9 Å². The molecule has 0 aromatic heterocycles. The number of hydrogen-bond acceptors (Lipinski definition) is 3. The van der Waals surface area contributed by atoms with Crippen LogP contribution in [0.5, 0.6) is 0 Å². The van der Waals surface area contributed by atoms with Crippen LogP contribution in [0.25, 0.3) is 0 Å². The van der Waals surface area contributed by atoms with Gasteiger partial charge in [-0.3, -0.25) is 4.79 Å². The Kier molecular flexibility index (Phi) is 7.97. The summed E-state index contributed by atoms with van der Waals surface area (Å²) in [4.78, 5) is 14.5. The topological polar surface area (TPSA) is 29.5 Å². The van der Waals surface area contributed by atoms with Crippen LogP contribution >= 0.6 is 0 Å². The zero-order chi connectivity index (χ0) is 14.8. The highest BCUT2D eigenvalue weighted by Crippen LogP contribution is 2.22. The van der Waals surface area contributed by atoms with Crippen LogP contribution in [0.2, 0.25) is 0 Å². The zero-order valence-electron chi connectivity index (χ0n) is 13.0. The number of esters is 1. The van der Waals surface area contributed by atoms with E-state index in [1.165, 1.54) is 0 Å². The maximum atomic E-state index is 12.3. The first-order chi connectivity index (χ1) is 9.72. The third-order valence-electron chi connectivity index (χ3n) is 3.61. The van der Waals surface area contributed by atoms with Crippen molar-refractivity contribution in [2.45, 2.75) is 39.5 Å². The van der Waals surface area contributed by atoms with Gasteiger partial charge in [0.05, 0.1) is 5.92 Å². The fourth-order valence-electron chi connectivity index (χ4n) is 2.31. The molecule has 0 amide bonds. The Morgan fingerprint density at radius 3 is 2.35 bits per heavy atom. The predicted octanol–water partition coefficient (Wildman–Crippen LogP) is 3.46. The SMILES string of the molecule is CCC[C@@H](C(=O)OCCN(CC)CC)c1ccccc1. The first kappa shape index (κ1) is 16.7. The molecule has 1 atom stereocenters. The quantitative estimate of drug-likeness (QED) is 0.647. The Morgan fingerprint density at radius 2 is 1.80 bits per heavy atom. The van der Waals surface area contributed by atoms with Crippen LogP contribution in [0.1, 0.15) is 45.1 Å². The van der Waals surface area contributed by atoms with E-state index in [4.69, 9.17) is 4.74 Å². The second-order valence-electron chi connectivity index (χ2n) is 4.95. The Bertz CT molecular complexity index is 374. The van der Waals surface area contributed by atoms with Gasteiger partial charge < -0.3 is 9.64 Å². The zero-order valence-corrected chi connectivity index (χ0v) is 13.0. The molecule has 1 rings (SSSR count). The summed E-state index contributed by atoms with van der Waals surface area (Å²) in [6, 6.07) is 9.93. The van der Waals surface area contributed by atoms with E-state index in [0.717, 1.165) is 38.0 Å². The lowest BCUT2D eigenvalue weighted by molar-refractivity contribution is -0.146. The normalized spacial score (nSPS) is 12.4. The minimum Gasteiger partial charge on any atom is -0.464 e. The molecule has 112 valence electrons. The summed E-state index contributed by atoms with van der Waals surface area (Å²) >= 11 is 0. The van der Waals surface area contributed by atoms with Crippen LogP contribution in [0.3, 0.4) is 0 Å². The Labute approximate surface area is 122 Å². The molecule has 0 saturated carbocycles. The van der Waals surface area contributed by atoms with Crippen LogP contribution in [0.15, 0.2) is 30.3 Å². The molecule has 0 saturated heterocycles. The lowest BCUT2D eigenvalue weighted by atomic mass is 9.95. The van der Waals surface area contributed by atoms with E-state index in [1.54, 1.807) is 0 Å². The average molecular weight is 277 g/mol. The van der Waals surface area contributed by atoms with Gasteiger partial charge in [-0.1, -0.05) is 57.5 Å². The first-order valence-corrected chi connectivity index (χ1v) is 7.66. The van der Waals surface area contributed by atoms with E-state index >= 15 is 0 Å². The van der Waals surface area contributed by atoms with Crippen molar-refractivity contribution in [3.63, 3.8) is 0 Å². The number of likely N-dealkylation sites (N-methyl/N-ethyl adjacent to an activating group) is 1. The molecule has 0 fully saturated rings. The van der Waals surface area contributed by atoms with E-state index in [9.17, 15) is 4.79 Å². The number of nitrogens with zero attached hydrogens (tertiary/aromatic N) is 1. The Balaban J connectivity index is 2.53. The molecule has 0 aliphatic rings. The number of ether oxygens (including phenoxy) is 1. The summed E-state index contributed by atoms with van der Waals surface area (Å²) in [5.74, 6) is -0.219. The molecule has 1 aromatic carbocycles. The number of carbonyl (C=O) groups is 1. The van der Waals surface area contributed by atoms with Crippen LogP contribution in [0, 0.1) is 0 Å². The van der Waals surface area contributed by atoms with Gasteiger partial charge in [0, 0.05) is 6.54 Å². The maximum Gasteiger partial charge on any atom is 0.313 e. The monoisotopic (exact) mass is 277 g/mol. The highest BCUT2D eigenvalue weighted by Gasteiger charge is 2.21. The summed E-state index contributed by atoms with van der Waals surface area (Å²) < 4.78 is 5.46. The van der Waals surface area contributed by atoms with Crippen molar-refractivity contribution < 1.29 is 9.53 Å². The predicted molar refractivity (Wildman–Crippen MR) is 82.8 cm³/mol. The molecule has 0 spiro atoms. The van der Waals surface area contributed by atoms with Gasteiger partial charge in [0.25, 0.3) is 0 Å². The molecule has 0 unspecified atom stereocenters. The van der Waals surface area contributed by atoms with Crippen molar-refractivity contribution >= 4 is 5.97 Å². The number of carbonyl (C=O) groups excluding carboxylic acids is 1. The van der Waals surface area contributed by atoms with Gasteiger partial charge >= 0.3 is 5.97 Å². The van der Waals surface area contributed by atoms with Gasteiger partial charge in [0.15, 0.2) is 0 Å². The lowest BCUT2D eigenvalue weighted by Crippen LogP contribution is -2.28. The summed E-state index contributed by atoms with van der Waals surface area (Å²) in [6.45, 7) is 9.61. The first-order valence-electron chi connectivity index (χ1n) is 7.66. The molecule has 0 aliphatic heterocycles. The van der Waals surface area contributed by atoms with Gasteiger partial charge in [-0.15, -0.1) is 0 Å². The second kappa shape index (κ2) is 9.54. The summed E-state index contributed by atoms with van der Waals surface area (Å²) in [5.41, 5.74) is 1.06. The molecule has 3 nitrogen and oxygen atoms in total. The van der Waals surface area contributed by atoms with Crippen molar-refractivity contribution in [1.82, 2.24) is 4.90 Å². The van der Waals surface area contributed by atoms with Crippen LogP contribution < -0.4 is 0 Å². The van der Waals surface area contributed by atoms with Crippen molar-refractivity contribution in [3.8, 4) is 0 Å². The van der Waals surface area contributed by atoms with Gasteiger partial charge in [-0.05, 0) is 25.1 Å². The van der Waals surface area contributed by atoms with E-state index in [0.29, 0.717) is 6.61 Å². The van der Waals surface area contributed by atoms with Gasteiger partial charge in [0.2, 0.25) is 0 Å². The van der Waals surface area contributed by atoms with Crippen molar-refractivity contribution in [1.29, 1.82) is 0 Å². The Hall–Kier alpha value is -1.35.